The number of halogens is 1. The summed E-state index contributed by atoms with van der Waals surface area (Å²) in [6.45, 7) is 5.97. The SMILES string of the molecule is CC(C)C(C#N)(CCCNCc1nnnn1CC(c1ccccc1)c1ccccc1)c1ccc(F)cc1. The van der Waals surface area contributed by atoms with Gasteiger partial charge >= 0.3 is 0 Å². The minimum Gasteiger partial charge on any atom is -0.310 e. The third-order valence-electron chi connectivity index (χ3n) is 7.12. The van der Waals surface area contributed by atoms with E-state index in [9.17, 15) is 9.65 Å². The number of benzene rings is 3. The van der Waals surface area contributed by atoms with Gasteiger partial charge in [0.2, 0.25) is 0 Å². The van der Waals surface area contributed by atoms with Gasteiger partial charge in [-0.05, 0) is 64.6 Å². The molecule has 6 nitrogen and oxygen atoms in total. The summed E-state index contributed by atoms with van der Waals surface area (Å²) in [4.78, 5) is 0. The first-order chi connectivity index (χ1) is 18.0. The Balaban J connectivity index is 1.38. The quantitative estimate of drug-likeness (QED) is 0.257. The van der Waals surface area contributed by atoms with Gasteiger partial charge in [0, 0.05) is 5.92 Å². The molecule has 4 rings (SSSR count). The molecule has 37 heavy (non-hydrogen) atoms. The Morgan fingerprint density at radius 3 is 2.14 bits per heavy atom. The van der Waals surface area contributed by atoms with Crippen molar-refractivity contribution in [2.24, 2.45) is 5.92 Å². The molecule has 0 aliphatic carbocycles. The van der Waals surface area contributed by atoms with Crippen LogP contribution in [0, 0.1) is 23.1 Å². The molecular weight excluding hydrogens is 463 g/mol. The maximum atomic E-state index is 13.5. The van der Waals surface area contributed by atoms with Crippen molar-refractivity contribution in [3.63, 3.8) is 0 Å². The zero-order chi connectivity index (χ0) is 26.1. The van der Waals surface area contributed by atoms with Gasteiger partial charge in [-0.1, -0.05) is 86.6 Å². The van der Waals surface area contributed by atoms with Crippen LogP contribution in [0.2, 0.25) is 0 Å². The number of nitrogens with one attached hydrogen (secondary N) is 1. The molecule has 0 bridgehead atoms. The first kappa shape index (κ1) is 26.2. The third-order valence-corrected chi connectivity index (χ3v) is 7.12. The third kappa shape index (κ3) is 6.28. The van der Waals surface area contributed by atoms with Crippen LogP contribution in [-0.4, -0.2) is 26.8 Å². The van der Waals surface area contributed by atoms with Gasteiger partial charge in [-0.25, -0.2) is 9.07 Å². The summed E-state index contributed by atoms with van der Waals surface area (Å²) in [6, 6.07) is 29.7. The highest BCUT2D eigenvalue weighted by molar-refractivity contribution is 5.34. The van der Waals surface area contributed by atoms with Gasteiger partial charge in [-0.15, -0.1) is 5.10 Å². The molecule has 0 saturated carbocycles. The molecular formula is C30H33FN6. The number of hydrogen-bond acceptors (Lipinski definition) is 5. The monoisotopic (exact) mass is 496 g/mol. The van der Waals surface area contributed by atoms with E-state index >= 15 is 0 Å². The van der Waals surface area contributed by atoms with Gasteiger partial charge in [0.25, 0.3) is 0 Å². The van der Waals surface area contributed by atoms with Crippen LogP contribution in [0.25, 0.3) is 0 Å². The largest absolute Gasteiger partial charge is 0.310 e. The normalized spacial score (nSPS) is 13.0. The molecule has 1 unspecified atom stereocenters. The van der Waals surface area contributed by atoms with Gasteiger partial charge in [-0.3, -0.25) is 0 Å². The number of nitrogens with zero attached hydrogens (tertiary/aromatic N) is 5. The molecule has 3 aromatic carbocycles. The van der Waals surface area contributed by atoms with Crippen molar-refractivity contribution in [1.29, 1.82) is 5.26 Å². The van der Waals surface area contributed by atoms with Crippen molar-refractivity contribution in [1.82, 2.24) is 25.5 Å². The Hall–Kier alpha value is -3.89. The Bertz CT molecular complexity index is 1240. The Kier molecular flexibility index (Phi) is 8.76. The first-order valence-electron chi connectivity index (χ1n) is 12.8. The van der Waals surface area contributed by atoms with Gasteiger partial charge in [0.05, 0.1) is 24.6 Å². The predicted octanol–water partition coefficient (Wildman–Crippen LogP) is 5.63. The van der Waals surface area contributed by atoms with Crippen LogP contribution in [0.4, 0.5) is 4.39 Å². The minimum atomic E-state index is -0.657. The van der Waals surface area contributed by atoms with E-state index < -0.39 is 5.41 Å². The van der Waals surface area contributed by atoms with Crippen molar-refractivity contribution >= 4 is 0 Å². The van der Waals surface area contributed by atoms with Crippen molar-refractivity contribution in [3.05, 3.63) is 113 Å². The fourth-order valence-corrected chi connectivity index (χ4v) is 4.89. The van der Waals surface area contributed by atoms with Crippen LogP contribution >= 0.6 is 0 Å². The lowest BCUT2D eigenvalue weighted by Gasteiger charge is -2.31. The zero-order valence-corrected chi connectivity index (χ0v) is 21.4. The van der Waals surface area contributed by atoms with Gasteiger partial charge in [0.15, 0.2) is 5.82 Å². The molecule has 7 heteroatoms. The molecule has 0 saturated heterocycles. The van der Waals surface area contributed by atoms with Crippen LogP contribution in [0.3, 0.4) is 0 Å². The Morgan fingerprint density at radius 2 is 1.57 bits per heavy atom. The summed E-state index contributed by atoms with van der Waals surface area (Å²) < 4.78 is 15.3. The fourth-order valence-electron chi connectivity index (χ4n) is 4.89. The number of rotatable bonds is 12. The van der Waals surface area contributed by atoms with E-state index in [1.54, 1.807) is 12.1 Å². The van der Waals surface area contributed by atoms with E-state index in [2.05, 4.69) is 75.4 Å². The molecule has 0 spiro atoms. The second-order valence-corrected chi connectivity index (χ2v) is 9.68. The summed E-state index contributed by atoms with van der Waals surface area (Å²) in [5.74, 6) is 0.706. The zero-order valence-electron chi connectivity index (χ0n) is 21.4. The predicted molar refractivity (Wildman–Crippen MR) is 142 cm³/mol. The Morgan fingerprint density at radius 1 is 0.946 bits per heavy atom. The number of tetrazole rings is 1. The van der Waals surface area contributed by atoms with Crippen LogP contribution in [0.1, 0.15) is 55.1 Å². The van der Waals surface area contributed by atoms with Gasteiger partial charge < -0.3 is 5.32 Å². The van der Waals surface area contributed by atoms with Crippen molar-refractivity contribution in [2.45, 2.75) is 51.1 Å². The van der Waals surface area contributed by atoms with Crippen LogP contribution in [0.15, 0.2) is 84.9 Å². The fraction of sp³-hybridized carbons (Fsp3) is 0.333. The molecule has 190 valence electrons. The lowest BCUT2D eigenvalue weighted by Crippen LogP contribution is -2.32. The smallest absolute Gasteiger partial charge is 0.165 e. The van der Waals surface area contributed by atoms with Gasteiger partial charge in [-0.2, -0.15) is 5.26 Å². The molecule has 0 aliphatic heterocycles. The summed E-state index contributed by atoms with van der Waals surface area (Å²) in [6.07, 6.45) is 1.47. The van der Waals surface area contributed by atoms with E-state index in [1.807, 2.05) is 30.7 Å². The lowest BCUT2D eigenvalue weighted by atomic mass is 9.70. The summed E-state index contributed by atoms with van der Waals surface area (Å²) in [7, 11) is 0. The molecule has 1 atom stereocenters. The van der Waals surface area contributed by atoms with E-state index in [1.165, 1.54) is 23.3 Å². The maximum absolute atomic E-state index is 13.5. The standard InChI is InChI=1S/C30H33FN6/c1-23(2)30(22-32,26-14-16-27(31)17-15-26)18-9-19-33-20-29-34-35-36-37(29)21-28(24-10-5-3-6-11-24)25-12-7-4-8-13-25/h3-8,10-17,23,28,33H,9,18-21H2,1-2H3. The van der Waals surface area contributed by atoms with Crippen LogP contribution in [0.5, 0.6) is 0 Å². The number of hydrogen-bond donors (Lipinski definition) is 1. The highest BCUT2D eigenvalue weighted by atomic mass is 19.1. The van der Waals surface area contributed by atoms with E-state index in [0.29, 0.717) is 26.1 Å². The average Bonchev–Trinajstić information content (AvgIpc) is 3.38. The highest BCUT2D eigenvalue weighted by Crippen LogP contribution is 2.36. The van der Waals surface area contributed by atoms with Crippen LogP contribution < -0.4 is 5.32 Å². The molecule has 0 aliphatic rings. The molecule has 0 amide bonds. The second kappa shape index (κ2) is 12.4. The molecule has 0 radical (unpaired) electrons. The van der Waals surface area contributed by atoms with Crippen LogP contribution in [-0.2, 0) is 18.5 Å². The topological polar surface area (TPSA) is 79.4 Å². The summed E-state index contributed by atoms with van der Waals surface area (Å²) in [5.41, 5.74) is 2.63. The second-order valence-electron chi connectivity index (χ2n) is 9.68. The molecule has 1 aromatic heterocycles. The van der Waals surface area contributed by atoms with E-state index in [0.717, 1.165) is 17.8 Å². The van der Waals surface area contributed by atoms with Crippen molar-refractivity contribution in [2.75, 3.05) is 6.54 Å². The summed E-state index contributed by atoms with van der Waals surface area (Å²) in [5, 5.41) is 26.0. The average molecular weight is 497 g/mol. The number of aromatic nitrogens is 4. The molecule has 1 N–H and O–H groups in total. The Labute approximate surface area is 218 Å². The maximum Gasteiger partial charge on any atom is 0.165 e. The molecule has 4 aromatic rings. The van der Waals surface area contributed by atoms with E-state index in [4.69, 9.17) is 0 Å². The lowest BCUT2D eigenvalue weighted by molar-refractivity contribution is 0.355. The molecule has 0 fully saturated rings. The van der Waals surface area contributed by atoms with Crippen molar-refractivity contribution in [3.8, 4) is 6.07 Å². The first-order valence-corrected chi connectivity index (χ1v) is 12.8. The highest BCUT2D eigenvalue weighted by Gasteiger charge is 2.35. The number of nitriles is 1. The van der Waals surface area contributed by atoms with E-state index in [-0.39, 0.29) is 17.7 Å². The molecule has 1 heterocycles. The summed E-state index contributed by atoms with van der Waals surface area (Å²) >= 11 is 0. The van der Waals surface area contributed by atoms with Crippen molar-refractivity contribution < 1.29 is 4.39 Å². The van der Waals surface area contributed by atoms with Gasteiger partial charge in [0.1, 0.15) is 5.82 Å². The minimum absolute atomic E-state index is 0.100.